The molecule has 0 saturated heterocycles. The molecule has 2 aromatic heterocycles. The van der Waals surface area contributed by atoms with Crippen LogP contribution in [0.4, 0.5) is 11.5 Å². The third-order valence-electron chi connectivity index (χ3n) is 2.30. The summed E-state index contributed by atoms with van der Waals surface area (Å²) in [5.74, 6) is 1.12. The number of aryl methyl sites for hydroxylation is 2. The molecular formula is C12H13N3O2. The van der Waals surface area contributed by atoms with Crippen LogP contribution in [0.1, 0.15) is 21.9 Å². The highest BCUT2D eigenvalue weighted by Gasteiger charge is 2.12. The lowest BCUT2D eigenvalue weighted by atomic mass is 10.2. The maximum absolute atomic E-state index is 11.8. The Bertz CT molecular complexity index is 561. The number of amides is 1. The van der Waals surface area contributed by atoms with E-state index in [1.165, 1.54) is 6.20 Å². The molecule has 0 aliphatic carbocycles. The Labute approximate surface area is 98.6 Å². The fourth-order valence-corrected chi connectivity index (χ4v) is 1.45. The van der Waals surface area contributed by atoms with Gasteiger partial charge in [-0.25, -0.2) is 4.98 Å². The minimum Gasteiger partial charge on any atom is -0.456 e. The average molecular weight is 231 g/mol. The molecule has 0 atom stereocenters. The molecule has 17 heavy (non-hydrogen) atoms. The fraction of sp³-hybridized carbons (Fsp3) is 0.167. The van der Waals surface area contributed by atoms with Crippen molar-refractivity contribution in [1.82, 2.24) is 4.98 Å². The summed E-state index contributed by atoms with van der Waals surface area (Å²) in [7, 11) is 0. The monoisotopic (exact) mass is 231 g/mol. The van der Waals surface area contributed by atoms with Crippen molar-refractivity contribution in [2.75, 3.05) is 11.1 Å². The molecule has 2 heterocycles. The number of pyridine rings is 1. The fourth-order valence-electron chi connectivity index (χ4n) is 1.45. The maximum atomic E-state index is 11.8. The summed E-state index contributed by atoms with van der Waals surface area (Å²) in [5.41, 5.74) is 6.95. The predicted octanol–water partition coefficient (Wildman–Crippen LogP) is 2.13. The Morgan fingerprint density at radius 3 is 2.76 bits per heavy atom. The van der Waals surface area contributed by atoms with E-state index in [-0.39, 0.29) is 11.7 Å². The molecule has 88 valence electrons. The molecule has 0 aliphatic rings. The summed E-state index contributed by atoms with van der Waals surface area (Å²) in [6.45, 7) is 3.61. The molecule has 2 aromatic rings. The number of aromatic nitrogens is 1. The first kappa shape index (κ1) is 11.2. The van der Waals surface area contributed by atoms with Gasteiger partial charge in [-0.05, 0) is 37.6 Å². The van der Waals surface area contributed by atoms with Crippen LogP contribution in [0.3, 0.4) is 0 Å². The van der Waals surface area contributed by atoms with Crippen LogP contribution in [0.15, 0.2) is 28.8 Å². The summed E-state index contributed by atoms with van der Waals surface area (Å²) in [6, 6.07) is 5.10. The van der Waals surface area contributed by atoms with Crippen molar-refractivity contribution in [2.24, 2.45) is 0 Å². The Kier molecular flexibility index (Phi) is 2.82. The zero-order valence-electron chi connectivity index (χ0n) is 9.65. The van der Waals surface area contributed by atoms with Crippen LogP contribution in [0.5, 0.6) is 0 Å². The first-order chi connectivity index (χ1) is 8.06. The number of carbonyl (C=O) groups excluding carboxylic acids is 1. The van der Waals surface area contributed by atoms with Gasteiger partial charge < -0.3 is 15.5 Å². The number of furan rings is 1. The molecule has 2 rings (SSSR count). The second-order valence-electron chi connectivity index (χ2n) is 3.80. The SMILES string of the molecule is Cc1ccc(C(=O)Nc2ncc(N)cc2C)o1. The quantitative estimate of drug-likeness (QED) is 0.829. The van der Waals surface area contributed by atoms with E-state index in [9.17, 15) is 4.79 Å². The molecule has 0 fully saturated rings. The van der Waals surface area contributed by atoms with E-state index in [0.29, 0.717) is 17.3 Å². The van der Waals surface area contributed by atoms with Gasteiger partial charge in [0.05, 0.1) is 11.9 Å². The summed E-state index contributed by atoms with van der Waals surface area (Å²) in [6.07, 6.45) is 1.50. The molecule has 0 radical (unpaired) electrons. The van der Waals surface area contributed by atoms with Crippen molar-refractivity contribution in [1.29, 1.82) is 0 Å². The van der Waals surface area contributed by atoms with Gasteiger partial charge in [-0.3, -0.25) is 4.79 Å². The zero-order chi connectivity index (χ0) is 12.4. The Balaban J connectivity index is 2.18. The van der Waals surface area contributed by atoms with Crippen LogP contribution < -0.4 is 11.1 Å². The topological polar surface area (TPSA) is 81.2 Å². The van der Waals surface area contributed by atoms with Gasteiger partial charge in [0.25, 0.3) is 5.91 Å². The minimum atomic E-state index is -0.321. The highest BCUT2D eigenvalue weighted by molar-refractivity contribution is 6.02. The van der Waals surface area contributed by atoms with E-state index < -0.39 is 0 Å². The van der Waals surface area contributed by atoms with Gasteiger partial charge in [0.2, 0.25) is 0 Å². The van der Waals surface area contributed by atoms with Crippen LogP contribution in [-0.2, 0) is 0 Å². The Hall–Kier alpha value is -2.30. The summed E-state index contributed by atoms with van der Waals surface area (Å²) in [5, 5.41) is 2.67. The summed E-state index contributed by atoms with van der Waals surface area (Å²) >= 11 is 0. The Morgan fingerprint density at radius 1 is 1.41 bits per heavy atom. The van der Waals surface area contributed by atoms with Crippen molar-refractivity contribution in [3.8, 4) is 0 Å². The zero-order valence-corrected chi connectivity index (χ0v) is 9.65. The number of carbonyl (C=O) groups is 1. The van der Waals surface area contributed by atoms with E-state index >= 15 is 0 Å². The van der Waals surface area contributed by atoms with Gasteiger partial charge in [-0.15, -0.1) is 0 Å². The molecule has 5 heteroatoms. The predicted molar refractivity (Wildman–Crippen MR) is 64.8 cm³/mol. The number of nitrogens with zero attached hydrogens (tertiary/aromatic N) is 1. The Morgan fingerprint density at radius 2 is 2.18 bits per heavy atom. The van der Waals surface area contributed by atoms with E-state index in [2.05, 4.69) is 10.3 Å². The average Bonchev–Trinajstić information content (AvgIpc) is 2.69. The van der Waals surface area contributed by atoms with Gasteiger partial charge in [0.1, 0.15) is 11.6 Å². The van der Waals surface area contributed by atoms with Crippen molar-refractivity contribution >= 4 is 17.4 Å². The molecule has 1 amide bonds. The van der Waals surface area contributed by atoms with Crippen molar-refractivity contribution in [2.45, 2.75) is 13.8 Å². The molecule has 0 bridgehead atoms. The van der Waals surface area contributed by atoms with Gasteiger partial charge >= 0.3 is 0 Å². The third kappa shape index (κ3) is 2.44. The van der Waals surface area contributed by atoms with E-state index in [1.807, 2.05) is 6.92 Å². The van der Waals surface area contributed by atoms with Crippen molar-refractivity contribution in [3.63, 3.8) is 0 Å². The second kappa shape index (κ2) is 4.29. The van der Waals surface area contributed by atoms with Gasteiger partial charge in [-0.1, -0.05) is 0 Å². The number of hydrogen-bond donors (Lipinski definition) is 2. The van der Waals surface area contributed by atoms with Crippen LogP contribution in [0.25, 0.3) is 0 Å². The summed E-state index contributed by atoms with van der Waals surface area (Å²) < 4.78 is 5.22. The third-order valence-corrected chi connectivity index (χ3v) is 2.30. The smallest absolute Gasteiger partial charge is 0.292 e. The lowest BCUT2D eigenvalue weighted by molar-refractivity contribution is 0.0995. The van der Waals surface area contributed by atoms with Crippen LogP contribution in [-0.4, -0.2) is 10.9 Å². The van der Waals surface area contributed by atoms with Crippen molar-refractivity contribution < 1.29 is 9.21 Å². The molecule has 0 spiro atoms. The van der Waals surface area contributed by atoms with Gasteiger partial charge in [-0.2, -0.15) is 0 Å². The number of hydrogen-bond acceptors (Lipinski definition) is 4. The largest absolute Gasteiger partial charge is 0.456 e. The maximum Gasteiger partial charge on any atom is 0.292 e. The molecule has 5 nitrogen and oxygen atoms in total. The number of rotatable bonds is 2. The lowest BCUT2D eigenvalue weighted by Gasteiger charge is -2.06. The van der Waals surface area contributed by atoms with Crippen LogP contribution in [0, 0.1) is 13.8 Å². The molecular weight excluding hydrogens is 218 g/mol. The minimum absolute atomic E-state index is 0.264. The normalized spacial score (nSPS) is 10.2. The van der Waals surface area contributed by atoms with E-state index in [1.54, 1.807) is 25.1 Å². The molecule has 0 saturated carbocycles. The van der Waals surface area contributed by atoms with E-state index in [0.717, 1.165) is 5.56 Å². The first-order valence-electron chi connectivity index (χ1n) is 5.16. The number of nitrogens with two attached hydrogens (primary N) is 1. The molecule has 0 aromatic carbocycles. The highest BCUT2D eigenvalue weighted by atomic mass is 16.3. The lowest BCUT2D eigenvalue weighted by Crippen LogP contribution is -2.13. The van der Waals surface area contributed by atoms with Crippen LogP contribution >= 0.6 is 0 Å². The van der Waals surface area contributed by atoms with Gasteiger partial charge in [0.15, 0.2) is 5.76 Å². The number of nitrogens with one attached hydrogen (secondary N) is 1. The number of anilines is 2. The number of nitrogen functional groups attached to an aromatic ring is 1. The molecule has 0 unspecified atom stereocenters. The van der Waals surface area contributed by atoms with Crippen LogP contribution in [0.2, 0.25) is 0 Å². The van der Waals surface area contributed by atoms with E-state index in [4.69, 9.17) is 10.2 Å². The second-order valence-corrected chi connectivity index (χ2v) is 3.80. The summed E-state index contributed by atoms with van der Waals surface area (Å²) in [4.78, 5) is 15.8. The molecule has 0 aliphatic heterocycles. The van der Waals surface area contributed by atoms with Crippen molar-refractivity contribution in [3.05, 3.63) is 41.5 Å². The highest BCUT2D eigenvalue weighted by Crippen LogP contribution is 2.15. The van der Waals surface area contributed by atoms with Gasteiger partial charge in [0, 0.05) is 0 Å². The molecule has 3 N–H and O–H groups in total. The first-order valence-corrected chi connectivity index (χ1v) is 5.16. The standard InChI is InChI=1S/C12H13N3O2/c1-7-5-9(13)6-14-11(7)15-12(16)10-4-3-8(2)17-10/h3-6H,13H2,1-2H3,(H,14,15,16).